The molecule has 1 saturated heterocycles. The van der Waals surface area contributed by atoms with Crippen LogP contribution >= 0.6 is 11.3 Å². The summed E-state index contributed by atoms with van der Waals surface area (Å²) in [6, 6.07) is 13.3. The first kappa shape index (κ1) is 23.0. The molecule has 2 atom stereocenters. The highest BCUT2D eigenvalue weighted by molar-refractivity contribution is 7.92. The second-order valence-electron chi connectivity index (χ2n) is 7.99. The molecule has 0 N–H and O–H groups in total. The van der Waals surface area contributed by atoms with Crippen molar-refractivity contribution in [2.75, 3.05) is 6.26 Å². The van der Waals surface area contributed by atoms with E-state index < -0.39 is 30.9 Å². The van der Waals surface area contributed by atoms with Crippen LogP contribution in [0.3, 0.4) is 0 Å². The lowest BCUT2D eigenvalue weighted by atomic mass is 10.0. The second-order valence-corrected chi connectivity index (χ2v) is 13.1. The van der Waals surface area contributed by atoms with Gasteiger partial charge in [-0.25, -0.2) is 26.2 Å². The first-order chi connectivity index (χ1) is 15.1. The minimum Gasteiger partial charge on any atom is -0.225 e. The van der Waals surface area contributed by atoms with E-state index in [4.69, 9.17) is 0 Å². The van der Waals surface area contributed by atoms with Crippen LogP contribution in [0.25, 0.3) is 11.3 Å². The maximum atomic E-state index is 15.0. The van der Waals surface area contributed by atoms with Gasteiger partial charge < -0.3 is 0 Å². The molecule has 1 fully saturated rings. The van der Waals surface area contributed by atoms with Crippen LogP contribution in [0.5, 0.6) is 0 Å². The van der Waals surface area contributed by atoms with Gasteiger partial charge in [-0.05, 0) is 31.4 Å². The number of hydrogen-bond donors (Lipinski definition) is 0. The third-order valence-corrected chi connectivity index (χ3v) is 10.6. The van der Waals surface area contributed by atoms with Gasteiger partial charge in [-0.1, -0.05) is 42.5 Å². The first-order valence-corrected chi connectivity index (χ1v) is 14.3. The van der Waals surface area contributed by atoms with Crippen LogP contribution in [0.15, 0.2) is 58.3 Å². The molecule has 2 aromatic carbocycles. The lowest BCUT2D eigenvalue weighted by molar-refractivity contribution is 0.279. The summed E-state index contributed by atoms with van der Waals surface area (Å²) in [6.45, 7) is 1.78. The van der Waals surface area contributed by atoms with E-state index in [1.165, 1.54) is 10.4 Å². The van der Waals surface area contributed by atoms with E-state index in [-0.39, 0.29) is 22.5 Å². The van der Waals surface area contributed by atoms with Crippen LogP contribution in [0.1, 0.15) is 36.1 Å². The summed E-state index contributed by atoms with van der Waals surface area (Å²) >= 11 is 0.979. The number of sulfone groups is 1. The van der Waals surface area contributed by atoms with Gasteiger partial charge in [0.15, 0.2) is 0 Å². The fraction of sp³-hybridized carbons (Fsp3) is 0.318. The van der Waals surface area contributed by atoms with Gasteiger partial charge in [0, 0.05) is 35.3 Å². The van der Waals surface area contributed by atoms with Crippen LogP contribution in [-0.4, -0.2) is 38.4 Å². The van der Waals surface area contributed by atoms with Gasteiger partial charge in [0.25, 0.3) is 0 Å². The lowest BCUT2D eigenvalue weighted by Gasteiger charge is -2.37. The van der Waals surface area contributed by atoms with Crippen molar-refractivity contribution in [3.63, 3.8) is 0 Å². The quantitative estimate of drug-likeness (QED) is 0.525. The Labute approximate surface area is 191 Å². The minimum absolute atomic E-state index is 0.0304. The molecule has 0 spiro atoms. The summed E-state index contributed by atoms with van der Waals surface area (Å²) in [7, 11) is -7.10. The summed E-state index contributed by atoms with van der Waals surface area (Å²) in [5.41, 5.74) is 1.81. The highest BCUT2D eigenvalue weighted by Gasteiger charge is 2.40. The van der Waals surface area contributed by atoms with Crippen LogP contribution in [-0.2, 0) is 26.4 Å². The van der Waals surface area contributed by atoms with Crippen molar-refractivity contribution in [1.29, 1.82) is 0 Å². The van der Waals surface area contributed by atoms with Gasteiger partial charge >= 0.3 is 0 Å². The molecule has 0 amide bonds. The number of rotatable bonds is 5. The minimum atomic E-state index is -3.67. The Kier molecular flexibility index (Phi) is 6.23. The number of benzene rings is 2. The molecule has 2 heterocycles. The van der Waals surface area contributed by atoms with Crippen LogP contribution < -0.4 is 0 Å². The van der Waals surface area contributed by atoms with Gasteiger partial charge in [-0.2, -0.15) is 4.31 Å². The number of halogens is 1. The molecule has 170 valence electrons. The Morgan fingerprint density at radius 3 is 2.50 bits per heavy atom. The second kappa shape index (κ2) is 8.66. The predicted molar refractivity (Wildman–Crippen MR) is 123 cm³/mol. The fourth-order valence-corrected chi connectivity index (χ4v) is 7.76. The molecule has 1 aliphatic heterocycles. The molecule has 6 nitrogen and oxygen atoms in total. The summed E-state index contributed by atoms with van der Waals surface area (Å²) in [5, 5.41) is 0.915. The summed E-state index contributed by atoms with van der Waals surface area (Å²) in [4.78, 5) is 4.07. The van der Waals surface area contributed by atoms with E-state index in [0.29, 0.717) is 24.1 Å². The van der Waals surface area contributed by atoms with Gasteiger partial charge in [0.1, 0.15) is 11.1 Å². The molecule has 4 rings (SSSR count). The Balaban J connectivity index is 1.61. The SMILES string of the molecule is C[C@H]1CCC(c2ccccc2)S(=O)(=O)N1Cc1ccc(-c2csc(S(C)(=O)=O)n2)cc1F. The van der Waals surface area contributed by atoms with E-state index in [1.54, 1.807) is 17.5 Å². The van der Waals surface area contributed by atoms with Gasteiger partial charge in [-0.15, -0.1) is 11.3 Å². The predicted octanol–water partition coefficient (Wildman–Crippen LogP) is 4.41. The Morgan fingerprint density at radius 1 is 1.16 bits per heavy atom. The van der Waals surface area contributed by atoms with Crippen molar-refractivity contribution in [3.05, 3.63) is 70.9 Å². The third-order valence-electron chi connectivity index (χ3n) is 5.67. The molecule has 0 radical (unpaired) electrons. The zero-order valence-electron chi connectivity index (χ0n) is 17.6. The summed E-state index contributed by atoms with van der Waals surface area (Å²) in [5.74, 6) is -0.555. The summed E-state index contributed by atoms with van der Waals surface area (Å²) in [6.07, 6.45) is 2.28. The highest BCUT2D eigenvalue weighted by atomic mass is 32.2. The molecule has 0 bridgehead atoms. The fourth-order valence-electron chi connectivity index (χ4n) is 3.91. The first-order valence-electron chi connectivity index (χ1n) is 10.1. The van der Waals surface area contributed by atoms with Crippen molar-refractivity contribution >= 4 is 31.2 Å². The Bertz CT molecular complexity index is 1340. The standard InChI is InChI=1S/C22H23FN2O4S3/c1-15-8-11-21(16-6-4-3-5-7-16)32(28,29)25(15)13-18-10-9-17(12-19(18)23)20-14-30-22(24-20)31(2,26)27/h3-7,9-10,12,14-15,21H,8,11,13H2,1-2H3/t15-,21?/m0/s1. The number of hydrogen-bond acceptors (Lipinski definition) is 6. The molecule has 3 aromatic rings. The molecule has 1 unspecified atom stereocenters. The number of thiazole rings is 1. The average molecular weight is 495 g/mol. The van der Waals surface area contributed by atoms with Gasteiger partial charge in [0.2, 0.25) is 24.2 Å². The normalized spacial score (nSPS) is 21.5. The molecule has 10 heteroatoms. The number of sulfonamides is 1. The molecular weight excluding hydrogens is 471 g/mol. The van der Waals surface area contributed by atoms with Gasteiger partial charge in [0.05, 0.1) is 5.69 Å². The van der Waals surface area contributed by atoms with Crippen molar-refractivity contribution in [3.8, 4) is 11.3 Å². The number of nitrogens with zero attached hydrogens (tertiary/aromatic N) is 2. The molecule has 1 aliphatic rings. The highest BCUT2D eigenvalue weighted by Crippen LogP contribution is 2.38. The third kappa shape index (κ3) is 4.50. The van der Waals surface area contributed by atoms with E-state index in [2.05, 4.69) is 4.98 Å². The average Bonchev–Trinajstić information content (AvgIpc) is 3.23. The zero-order chi connectivity index (χ0) is 23.1. The monoisotopic (exact) mass is 494 g/mol. The maximum Gasteiger partial charge on any atom is 0.221 e. The van der Waals surface area contributed by atoms with E-state index in [0.717, 1.165) is 23.2 Å². The topological polar surface area (TPSA) is 84.4 Å². The molecule has 0 saturated carbocycles. The zero-order valence-corrected chi connectivity index (χ0v) is 20.1. The number of aromatic nitrogens is 1. The largest absolute Gasteiger partial charge is 0.225 e. The lowest BCUT2D eigenvalue weighted by Crippen LogP contribution is -2.44. The van der Waals surface area contributed by atoms with E-state index in [9.17, 15) is 21.2 Å². The van der Waals surface area contributed by atoms with E-state index in [1.807, 2.05) is 37.3 Å². The van der Waals surface area contributed by atoms with Gasteiger partial charge in [-0.3, -0.25) is 0 Å². The van der Waals surface area contributed by atoms with Crippen molar-refractivity contribution in [1.82, 2.24) is 9.29 Å². The molecular formula is C22H23FN2O4S3. The van der Waals surface area contributed by atoms with Crippen molar-refractivity contribution in [2.45, 2.75) is 41.9 Å². The van der Waals surface area contributed by atoms with Crippen LogP contribution in [0.4, 0.5) is 4.39 Å². The summed E-state index contributed by atoms with van der Waals surface area (Å²) < 4.78 is 66.4. The maximum absolute atomic E-state index is 15.0. The Hall–Kier alpha value is -2.14. The molecule has 32 heavy (non-hydrogen) atoms. The van der Waals surface area contributed by atoms with Crippen LogP contribution in [0, 0.1) is 5.82 Å². The Morgan fingerprint density at radius 2 is 1.88 bits per heavy atom. The molecule has 1 aromatic heterocycles. The molecule has 0 aliphatic carbocycles. The van der Waals surface area contributed by atoms with Crippen LogP contribution in [0.2, 0.25) is 0 Å². The van der Waals surface area contributed by atoms with E-state index >= 15 is 0 Å². The van der Waals surface area contributed by atoms with Crippen molar-refractivity contribution in [2.24, 2.45) is 0 Å². The van der Waals surface area contributed by atoms with Crippen molar-refractivity contribution < 1.29 is 21.2 Å². The smallest absolute Gasteiger partial charge is 0.221 e.